The zero-order valence-electron chi connectivity index (χ0n) is 44.5. The summed E-state index contributed by atoms with van der Waals surface area (Å²) in [5.74, 6) is -0.143. The lowest BCUT2D eigenvalue weighted by molar-refractivity contribution is -0.134. The van der Waals surface area contributed by atoms with Gasteiger partial charge in [0.15, 0.2) is 10.8 Å². The molecule has 0 spiro atoms. The number of para-hydroxylation sites is 1. The first-order valence-electron chi connectivity index (χ1n) is 27.0. The Balaban J connectivity index is 0.680. The quantitative estimate of drug-likeness (QED) is 0.0476. The molecule has 2 saturated heterocycles. The predicted octanol–water partition coefficient (Wildman–Crippen LogP) is 10.8. The number of hydrogen-bond acceptors (Lipinski definition) is 13. The first-order chi connectivity index (χ1) is 36.8. The number of amides is 3. The maximum absolute atomic E-state index is 14.0. The van der Waals surface area contributed by atoms with Gasteiger partial charge < -0.3 is 19.3 Å². The highest BCUT2D eigenvalue weighted by Gasteiger charge is 2.33. The first kappa shape index (κ1) is 52.3. The number of fused-ring (bicyclic) bond motifs is 3. The largest absolute Gasteiger partial charge is 0.493 e. The highest BCUT2D eigenvalue weighted by atomic mass is 32.1. The second-order valence-electron chi connectivity index (χ2n) is 21.4. The van der Waals surface area contributed by atoms with Crippen LogP contribution in [0.25, 0.3) is 32.2 Å². The summed E-state index contributed by atoms with van der Waals surface area (Å²) >= 11 is 1.45. The van der Waals surface area contributed by atoms with Crippen molar-refractivity contribution >= 4 is 72.8 Å². The number of imide groups is 1. The van der Waals surface area contributed by atoms with Crippen LogP contribution < -0.4 is 25.2 Å². The van der Waals surface area contributed by atoms with Crippen molar-refractivity contribution < 1.29 is 28.7 Å². The number of piperidine rings is 1. The molecule has 0 bridgehead atoms. The number of nitrogens with one attached hydrogen (secondary N) is 2. The Labute approximate surface area is 449 Å². The minimum Gasteiger partial charge on any atom is -0.493 e. The molecule has 0 radical (unpaired) electrons. The number of hydrogen-bond donors (Lipinski definition) is 2. The Morgan fingerprint density at radius 1 is 0.803 bits per heavy atom. The summed E-state index contributed by atoms with van der Waals surface area (Å²) in [7, 11) is 1.92. The molecule has 15 nitrogen and oxygen atoms in total. The zero-order chi connectivity index (χ0) is 52.9. The minimum atomic E-state index is -0.727. The van der Waals surface area contributed by atoms with Crippen molar-refractivity contribution in [2.24, 2.45) is 7.05 Å². The Bertz CT molecular complexity index is 3250. The van der Waals surface area contributed by atoms with Gasteiger partial charge >= 0.3 is 5.97 Å². The molecule has 16 heteroatoms. The number of esters is 1. The molecule has 3 aliphatic heterocycles. The summed E-state index contributed by atoms with van der Waals surface area (Å²) < 4.78 is 15.2. The third-order valence-electron chi connectivity index (χ3n) is 14.9. The highest BCUT2D eigenvalue weighted by Crippen LogP contribution is 2.37. The van der Waals surface area contributed by atoms with Gasteiger partial charge in [-0.3, -0.25) is 34.6 Å². The number of aryl methyl sites for hydroxylation is 1. The van der Waals surface area contributed by atoms with E-state index in [1.54, 1.807) is 0 Å². The van der Waals surface area contributed by atoms with Crippen LogP contribution in [0.4, 0.5) is 16.6 Å². The summed E-state index contributed by atoms with van der Waals surface area (Å²) in [6, 6.07) is 30.0. The molecule has 0 saturated carbocycles. The molecule has 4 aromatic carbocycles. The van der Waals surface area contributed by atoms with E-state index in [0.29, 0.717) is 54.6 Å². The zero-order valence-corrected chi connectivity index (χ0v) is 45.3. The van der Waals surface area contributed by atoms with Crippen molar-refractivity contribution in [3.63, 3.8) is 0 Å². The van der Waals surface area contributed by atoms with Crippen LogP contribution in [0, 0.1) is 6.92 Å². The van der Waals surface area contributed by atoms with Crippen LogP contribution >= 0.6 is 11.3 Å². The van der Waals surface area contributed by atoms with Crippen molar-refractivity contribution in [3.05, 3.63) is 125 Å². The van der Waals surface area contributed by atoms with E-state index in [-0.39, 0.29) is 23.4 Å². The summed E-state index contributed by atoms with van der Waals surface area (Å²) in [5.41, 5.74) is 8.42. The van der Waals surface area contributed by atoms with Gasteiger partial charge in [-0.25, -0.2) is 14.8 Å². The number of benzene rings is 4. The maximum Gasteiger partial charge on any atom is 0.358 e. The van der Waals surface area contributed by atoms with Gasteiger partial charge in [-0.05, 0) is 137 Å². The number of pyridine rings is 1. The van der Waals surface area contributed by atoms with Gasteiger partial charge in [0, 0.05) is 74.9 Å². The number of ether oxygens (including phenoxy) is 2. The van der Waals surface area contributed by atoms with Gasteiger partial charge in [-0.15, -0.1) is 0 Å². The Hall–Kier alpha value is -7.17. The number of nitrogens with zero attached hydrogens (tertiary/aromatic N) is 7. The van der Waals surface area contributed by atoms with Crippen molar-refractivity contribution in [2.45, 2.75) is 110 Å². The summed E-state index contributed by atoms with van der Waals surface area (Å²) in [6.07, 6.45) is 9.68. The van der Waals surface area contributed by atoms with E-state index in [9.17, 15) is 19.2 Å². The van der Waals surface area contributed by atoms with Crippen LogP contribution in [-0.4, -0.2) is 99.8 Å². The van der Waals surface area contributed by atoms with Crippen LogP contribution in [0.2, 0.25) is 0 Å². The molecule has 76 heavy (non-hydrogen) atoms. The highest BCUT2D eigenvalue weighted by molar-refractivity contribution is 7.22. The van der Waals surface area contributed by atoms with Crippen molar-refractivity contribution in [1.82, 2.24) is 30.0 Å². The normalized spacial score (nSPS) is 16.2. The van der Waals surface area contributed by atoms with Gasteiger partial charge in [0.2, 0.25) is 11.8 Å². The minimum absolute atomic E-state index is 0.206. The first-order valence-corrected chi connectivity index (χ1v) is 27.9. The van der Waals surface area contributed by atoms with Crippen molar-refractivity contribution in [2.75, 3.05) is 61.0 Å². The van der Waals surface area contributed by atoms with Gasteiger partial charge in [0.25, 0.3) is 5.91 Å². The van der Waals surface area contributed by atoms with Crippen molar-refractivity contribution in [3.8, 4) is 16.9 Å². The average Bonchev–Trinajstić information content (AvgIpc) is 3.99. The van der Waals surface area contributed by atoms with Gasteiger partial charge in [-0.1, -0.05) is 79.8 Å². The predicted molar refractivity (Wildman–Crippen MR) is 301 cm³/mol. The SMILES string of the molecule is Cc1c(OCCCCCCCCCN2CCN(c3ccc4c(C5CCC(=O)NC5=O)nn(C)c4c3)CC2)cccc1-c1ccc(N2CCc3cccc(C(=O)Nc4nc5ccccc5s4)c3C2)nc1C(=O)OC(C)(C)C. The molecular weight excluding hydrogens is 975 g/mol. The number of rotatable bonds is 18. The molecule has 0 aliphatic carbocycles. The molecular formula is C60H69N9O6S. The summed E-state index contributed by atoms with van der Waals surface area (Å²) in [5, 5.41) is 11.8. The molecule has 1 atom stereocenters. The Morgan fingerprint density at radius 2 is 1.58 bits per heavy atom. The van der Waals surface area contributed by atoms with E-state index in [1.165, 1.54) is 49.1 Å². The lowest BCUT2D eigenvalue weighted by atomic mass is 9.93. The number of thiazole rings is 1. The summed E-state index contributed by atoms with van der Waals surface area (Å²) in [6.45, 7) is 14.5. The molecule has 1 unspecified atom stereocenters. The monoisotopic (exact) mass is 1040 g/mol. The fourth-order valence-electron chi connectivity index (χ4n) is 10.9. The van der Waals surface area contributed by atoms with Gasteiger partial charge in [0.05, 0.1) is 34.0 Å². The number of piperazine rings is 1. The van der Waals surface area contributed by atoms with E-state index in [1.807, 2.05) is 106 Å². The summed E-state index contributed by atoms with van der Waals surface area (Å²) in [4.78, 5) is 68.9. The molecule has 2 N–H and O–H groups in total. The topological polar surface area (TPSA) is 164 Å². The second kappa shape index (κ2) is 23.0. The van der Waals surface area contributed by atoms with E-state index in [4.69, 9.17) is 19.6 Å². The van der Waals surface area contributed by atoms with E-state index in [0.717, 1.165) is 107 Å². The molecule has 6 heterocycles. The number of carbonyl (C=O) groups is 4. The lowest BCUT2D eigenvalue weighted by Gasteiger charge is -2.36. The fourth-order valence-corrected chi connectivity index (χ4v) is 11.7. The third-order valence-corrected chi connectivity index (χ3v) is 15.9. The Kier molecular flexibility index (Phi) is 15.8. The van der Waals surface area contributed by atoms with E-state index in [2.05, 4.69) is 54.6 Å². The van der Waals surface area contributed by atoms with Gasteiger partial charge in [-0.2, -0.15) is 5.10 Å². The fraction of sp³-hybridized carbons (Fsp3) is 0.417. The molecule has 3 amide bonds. The van der Waals surface area contributed by atoms with Crippen molar-refractivity contribution in [1.29, 1.82) is 0 Å². The van der Waals surface area contributed by atoms with Crippen LogP contribution in [0.15, 0.2) is 91.0 Å². The third kappa shape index (κ3) is 11.9. The standard InChI is InChI=1S/C60H69N9O6S/c1-39-42(43-25-27-52(62-55(43)58(73)75-60(2,3)4)69-31-29-40-17-15-19-44(47(40)38-69)56(71)64-59-61-48-20-11-12-22-51(48)76-59)18-16-21-50(39)74-36-14-10-8-6-7-9-13-30-67-32-34-68(35-33-67)41-23-24-45-49(37-41)66(5)65-54(45)46-26-28-53(70)63-57(46)72/h11-12,15-25,27,37,46H,6-10,13-14,26,28-36,38H2,1-5H3,(H,61,64,71)(H,63,70,72). The Morgan fingerprint density at radius 3 is 2.37 bits per heavy atom. The average molecular weight is 1040 g/mol. The number of anilines is 3. The van der Waals surface area contributed by atoms with Crippen LogP contribution in [0.1, 0.15) is 128 Å². The molecule has 2 fully saturated rings. The van der Waals surface area contributed by atoms with Crippen LogP contribution in [0.5, 0.6) is 5.75 Å². The van der Waals surface area contributed by atoms with Crippen LogP contribution in [-0.2, 0) is 34.3 Å². The maximum atomic E-state index is 14.0. The van der Waals surface area contributed by atoms with E-state index >= 15 is 0 Å². The van der Waals surface area contributed by atoms with Gasteiger partial charge in [0.1, 0.15) is 17.2 Å². The lowest BCUT2D eigenvalue weighted by Crippen LogP contribution is -2.46. The molecule has 3 aromatic heterocycles. The molecule has 7 aromatic rings. The van der Waals surface area contributed by atoms with E-state index < -0.39 is 17.5 Å². The second-order valence-corrected chi connectivity index (χ2v) is 22.4. The number of aromatic nitrogens is 4. The number of unbranched alkanes of at least 4 members (excludes halogenated alkanes) is 6. The van der Waals surface area contributed by atoms with Crippen LogP contribution in [0.3, 0.4) is 0 Å². The molecule has 396 valence electrons. The molecule has 10 rings (SSSR count). The molecule has 3 aliphatic rings. The number of carbonyl (C=O) groups excluding carboxylic acids is 4. The smallest absolute Gasteiger partial charge is 0.358 e.